The molecule has 208 valence electrons. The van der Waals surface area contributed by atoms with Crippen LogP contribution >= 0.6 is 7.26 Å². The maximum atomic E-state index is 2.38. The molecule has 0 aromatic heterocycles. The summed E-state index contributed by atoms with van der Waals surface area (Å²) in [7, 11) is -1.01. The minimum absolute atomic E-state index is 1.01. The van der Waals surface area contributed by atoms with E-state index in [1.54, 1.807) is 50.3 Å². The van der Waals surface area contributed by atoms with Gasteiger partial charge in [0.1, 0.15) is 0 Å². The molecule has 0 amide bonds. The van der Waals surface area contributed by atoms with Gasteiger partial charge in [-0.2, -0.15) is 0 Å². The third-order valence-electron chi connectivity index (χ3n) is 8.49. The van der Waals surface area contributed by atoms with Gasteiger partial charge in [-0.1, -0.05) is 39.0 Å². The molecule has 0 spiro atoms. The molecule has 0 N–H and O–H groups in total. The third-order valence-corrected chi connectivity index (χ3v) is 14.1. The van der Waals surface area contributed by atoms with Crippen LogP contribution in [-0.4, -0.2) is 24.6 Å². The summed E-state index contributed by atoms with van der Waals surface area (Å²) in [5, 5.41) is 0. The van der Waals surface area contributed by atoms with E-state index < -0.39 is 7.26 Å². The number of hydrogen-bond acceptors (Lipinski definition) is 0. The molecular formula is C33H71P. The fourth-order valence-corrected chi connectivity index (χ4v) is 11.5. The van der Waals surface area contributed by atoms with E-state index in [0.29, 0.717) is 0 Å². The first-order chi connectivity index (χ1) is 16.7. The number of rotatable bonds is 29. The molecule has 0 aliphatic heterocycles. The zero-order valence-corrected chi connectivity index (χ0v) is 26.0. The van der Waals surface area contributed by atoms with Crippen molar-refractivity contribution in [1.82, 2.24) is 0 Å². The van der Waals surface area contributed by atoms with E-state index in [2.05, 4.69) is 27.7 Å². The second-order valence-electron chi connectivity index (χ2n) is 11.9. The van der Waals surface area contributed by atoms with Gasteiger partial charge in [0.2, 0.25) is 0 Å². The fourth-order valence-electron chi connectivity index (χ4n) is 6.05. The predicted octanol–water partition coefficient (Wildman–Crippen LogP) is 12.6. The molecule has 0 aliphatic carbocycles. The Kier molecular flexibility index (Phi) is 28.4. The van der Waals surface area contributed by atoms with Crippen molar-refractivity contribution < 1.29 is 0 Å². The van der Waals surface area contributed by atoms with Gasteiger partial charge in [-0.15, -0.1) is 0 Å². The maximum absolute atomic E-state index is 2.38. The van der Waals surface area contributed by atoms with Crippen molar-refractivity contribution in [3.63, 3.8) is 0 Å². The first-order valence-corrected chi connectivity index (χ1v) is 19.6. The quantitative estimate of drug-likeness (QED) is 0.0710. The van der Waals surface area contributed by atoms with E-state index >= 15 is 0 Å². The van der Waals surface area contributed by atoms with Crippen molar-refractivity contribution in [1.29, 1.82) is 0 Å². The van der Waals surface area contributed by atoms with Crippen molar-refractivity contribution in [2.45, 2.75) is 188 Å². The van der Waals surface area contributed by atoms with Gasteiger partial charge in [0, 0.05) is 0 Å². The molecule has 0 aromatic carbocycles. The molecule has 0 fully saturated rings. The summed E-state index contributed by atoms with van der Waals surface area (Å²) in [6.45, 7) is 9.46. The van der Waals surface area contributed by atoms with E-state index in [-0.39, 0.29) is 0 Å². The Morgan fingerprint density at radius 1 is 0.235 bits per heavy atom. The summed E-state index contributed by atoms with van der Waals surface area (Å²) >= 11 is 0. The van der Waals surface area contributed by atoms with Crippen molar-refractivity contribution in [2.75, 3.05) is 24.6 Å². The van der Waals surface area contributed by atoms with Crippen molar-refractivity contribution >= 4 is 7.26 Å². The van der Waals surface area contributed by atoms with Gasteiger partial charge in [-0.25, -0.2) is 0 Å². The third kappa shape index (κ3) is 22.9. The van der Waals surface area contributed by atoms with Gasteiger partial charge in [-0.3, -0.25) is 0 Å². The summed E-state index contributed by atoms with van der Waals surface area (Å²) in [4.78, 5) is 0. The second-order valence-corrected chi connectivity index (χ2v) is 16.9. The zero-order valence-electron chi connectivity index (χ0n) is 25.0. The summed E-state index contributed by atoms with van der Waals surface area (Å²) < 4.78 is 0. The summed E-state index contributed by atoms with van der Waals surface area (Å²) in [5.41, 5.74) is 0. The molecule has 0 unspecified atom stereocenters. The molecule has 0 heterocycles. The molecule has 0 saturated carbocycles. The van der Waals surface area contributed by atoms with Crippen molar-refractivity contribution in [3.05, 3.63) is 0 Å². The normalized spacial score (nSPS) is 12.5. The molecule has 0 aliphatic rings. The van der Waals surface area contributed by atoms with Crippen LogP contribution in [0, 0.1) is 0 Å². The van der Waals surface area contributed by atoms with Crippen LogP contribution in [0.3, 0.4) is 0 Å². The van der Waals surface area contributed by atoms with Crippen LogP contribution in [0.25, 0.3) is 0 Å². The average molecular weight is 499 g/mol. The van der Waals surface area contributed by atoms with Gasteiger partial charge in [0.15, 0.2) is 0 Å². The molecule has 0 nitrogen and oxygen atoms in total. The van der Waals surface area contributed by atoms with Crippen LogP contribution in [0.4, 0.5) is 0 Å². The Bertz CT molecular complexity index is 337. The van der Waals surface area contributed by atoms with Gasteiger partial charge in [0.25, 0.3) is 0 Å². The number of unbranched alkanes of at least 4 members (excludes halogenated alkanes) is 21. The van der Waals surface area contributed by atoms with Crippen LogP contribution in [0.15, 0.2) is 0 Å². The predicted molar refractivity (Wildman–Crippen MR) is 166 cm³/mol. The molecule has 34 heavy (non-hydrogen) atoms. The van der Waals surface area contributed by atoms with E-state index in [0.717, 1.165) is 0 Å². The minimum atomic E-state index is -1.01. The summed E-state index contributed by atoms with van der Waals surface area (Å²) in [5.74, 6) is 0. The van der Waals surface area contributed by atoms with E-state index in [9.17, 15) is 0 Å². The topological polar surface area (TPSA) is 0 Å². The monoisotopic (exact) mass is 499 g/mol. The van der Waals surface area contributed by atoms with Crippen LogP contribution in [-0.2, 0) is 0 Å². The Labute approximate surface area is 220 Å². The Morgan fingerprint density at radius 2 is 0.412 bits per heavy atom. The van der Waals surface area contributed by atoms with Gasteiger partial charge >= 0.3 is 181 Å². The molecule has 0 bridgehead atoms. The van der Waals surface area contributed by atoms with E-state index in [4.69, 9.17) is 0 Å². The molecule has 0 atom stereocenters. The molecule has 0 saturated heterocycles. The zero-order chi connectivity index (χ0) is 25.0. The molecule has 0 rings (SSSR count). The average Bonchev–Trinajstić information content (AvgIpc) is 2.84. The second kappa shape index (κ2) is 28.0. The van der Waals surface area contributed by atoms with Crippen LogP contribution in [0.5, 0.6) is 0 Å². The first-order valence-electron chi connectivity index (χ1n) is 16.7. The number of hydrogen-bond donors (Lipinski definition) is 0. The molecule has 0 radical (unpaired) electrons. The fraction of sp³-hybridized carbons (Fsp3) is 1.00. The van der Waals surface area contributed by atoms with Crippen molar-refractivity contribution in [2.24, 2.45) is 0 Å². The van der Waals surface area contributed by atoms with E-state index in [1.165, 1.54) is 135 Å². The molecular weight excluding hydrogens is 427 g/mol. The van der Waals surface area contributed by atoms with Crippen LogP contribution in [0.1, 0.15) is 188 Å². The summed E-state index contributed by atoms with van der Waals surface area (Å²) in [6, 6.07) is 0. The SMILES string of the molecule is CCCCCCCCCCCCCCCCCC[PH](CCCCC)(CCCCC)CCCCC. The molecule has 1 heteroatoms. The first kappa shape index (κ1) is 34.4. The van der Waals surface area contributed by atoms with Crippen LogP contribution in [0.2, 0.25) is 0 Å². The van der Waals surface area contributed by atoms with E-state index in [1.807, 2.05) is 0 Å². The van der Waals surface area contributed by atoms with Gasteiger partial charge in [0.05, 0.1) is 0 Å². The van der Waals surface area contributed by atoms with Crippen LogP contribution < -0.4 is 0 Å². The van der Waals surface area contributed by atoms with Crippen molar-refractivity contribution in [3.8, 4) is 0 Å². The Hall–Kier alpha value is 0.430. The summed E-state index contributed by atoms with van der Waals surface area (Å²) in [6.07, 6.45) is 43.8. The molecule has 0 aromatic rings. The Balaban J connectivity index is 3.93. The van der Waals surface area contributed by atoms with Gasteiger partial charge in [-0.05, 0) is 0 Å². The Morgan fingerprint density at radius 3 is 0.676 bits per heavy atom. The van der Waals surface area contributed by atoms with Gasteiger partial charge < -0.3 is 0 Å². The standard InChI is InChI=1S/C33H71P/c1-5-9-13-14-15-16-17-18-19-20-21-22-23-24-25-29-33-34(30-26-10-6-2,31-27-11-7-3)32-28-12-8-4/h34H,5-33H2,1-4H3.